The molecule has 0 amide bonds. The monoisotopic (exact) mass is 363 g/mol. The van der Waals surface area contributed by atoms with E-state index in [1.807, 2.05) is 18.2 Å². The summed E-state index contributed by atoms with van der Waals surface area (Å²) in [7, 11) is 0. The van der Waals surface area contributed by atoms with Gasteiger partial charge < -0.3 is 20.0 Å². The maximum Gasteiger partial charge on any atom is 0.225 e. The van der Waals surface area contributed by atoms with Crippen molar-refractivity contribution in [2.45, 2.75) is 0 Å². The minimum absolute atomic E-state index is 0.293. The van der Waals surface area contributed by atoms with Crippen molar-refractivity contribution in [1.82, 2.24) is 29.5 Å². The third-order valence-electron chi connectivity index (χ3n) is 4.52. The van der Waals surface area contributed by atoms with E-state index in [1.54, 1.807) is 24.7 Å². The summed E-state index contributed by atoms with van der Waals surface area (Å²) >= 11 is 0. The number of furan rings is 1. The predicted octanol–water partition coefficient (Wildman–Crippen LogP) is 1.08. The third-order valence-corrected chi connectivity index (χ3v) is 4.52. The van der Waals surface area contributed by atoms with E-state index in [4.69, 9.17) is 10.2 Å². The zero-order valence-electron chi connectivity index (χ0n) is 14.4. The molecule has 1 saturated heterocycles. The quantitative estimate of drug-likeness (QED) is 0.571. The van der Waals surface area contributed by atoms with Crippen LogP contribution in [0.1, 0.15) is 0 Å². The van der Waals surface area contributed by atoms with E-state index in [9.17, 15) is 0 Å². The first-order valence-corrected chi connectivity index (χ1v) is 8.62. The maximum atomic E-state index is 6.11. The molecule has 0 spiro atoms. The van der Waals surface area contributed by atoms with E-state index in [0.29, 0.717) is 23.2 Å². The molecule has 27 heavy (non-hydrogen) atoms. The summed E-state index contributed by atoms with van der Waals surface area (Å²) in [6.07, 6.45) is 5.10. The number of aromatic nitrogens is 6. The topological polar surface area (TPSA) is 114 Å². The van der Waals surface area contributed by atoms with Gasteiger partial charge in [-0.3, -0.25) is 0 Å². The van der Waals surface area contributed by atoms with Gasteiger partial charge in [-0.15, -0.1) is 5.10 Å². The largest absolute Gasteiger partial charge is 0.461 e. The highest BCUT2D eigenvalue weighted by atomic mass is 16.3. The molecule has 2 N–H and O–H groups in total. The van der Waals surface area contributed by atoms with Gasteiger partial charge in [-0.25, -0.2) is 15.0 Å². The Morgan fingerprint density at radius 3 is 2.48 bits per heavy atom. The van der Waals surface area contributed by atoms with Gasteiger partial charge in [-0.2, -0.15) is 9.50 Å². The minimum atomic E-state index is 0.293. The van der Waals surface area contributed by atoms with Crippen LogP contribution in [0.5, 0.6) is 0 Å². The molecule has 1 aliphatic heterocycles. The summed E-state index contributed by atoms with van der Waals surface area (Å²) < 4.78 is 6.89. The van der Waals surface area contributed by atoms with Gasteiger partial charge in [0, 0.05) is 44.6 Å². The van der Waals surface area contributed by atoms with Crippen LogP contribution in [0.4, 0.5) is 17.7 Å². The van der Waals surface area contributed by atoms with Gasteiger partial charge in [0.25, 0.3) is 0 Å². The molecule has 0 saturated carbocycles. The normalized spacial score (nSPS) is 14.8. The lowest BCUT2D eigenvalue weighted by Crippen LogP contribution is -2.47. The Bertz CT molecular complexity index is 1050. The Hall–Kier alpha value is -3.69. The van der Waals surface area contributed by atoms with Crippen LogP contribution >= 0.6 is 0 Å². The van der Waals surface area contributed by atoms with E-state index < -0.39 is 0 Å². The number of rotatable bonds is 3. The molecule has 4 aromatic rings. The molecule has 0 unspecified atom stereocenters. The van der Waals surface area contributed by atoms with E-state index in [0.717, 1.165) is 37.9 Å². The predicted molar refractivity (Wildman–Crippen MR) is 99.4 cm³/mol. The molecule has 136 valence electrons. The second kappa shape index (κ2) is 6.24. The molecule has 0 atom stereocenters. The first-order valence-electron chi connectivity index (χ1n) is 8.62. The highest BCUT2D eigenvalue weighted by Gasteiger charge is 2.21. The average Bonchev–Trinajstić information content (AvgIpc) is 3.38. The van der Waals surface area contributed by atoms with Gasteiger partial charge in [0.1, 0.15) is 5.82 Å². The van der Waals surface area contributed by atoms with E-state index in [2.05, 4.69) is 34.8 Å². The first-order chi connectivity index (χ1) is 13.3. The number of nitrogens with zero attached hydrogens (tertiary/aromatic N) is 8. The van der Waals surface area contributed by atoms with Crippen LogP contribution in [-0.2, 0) is 0 Å². The fraction of sp³-hybridized carbons (Fsp3) is 0.235. The van der Waals surface area contributed by atoms with Gasteiger partial charge in [-0.1, -0.05) is 0 Å². The van der Waals surface area contributed by atoms with Crippen LogP contribution in [0, 0.1) is 0 Å². The maximum absolute atomic E-state index is 6.11. The molecule has 0 bridgehead atoms. The lowest BCUT2D eigenvalue weighted by Gasteiger charge is -2.35. The summed E-state index contributed by atoms with van der Waals surface area (Å²) in [4.78, 5) is 22.0. The zero-order chi connectivity index (χ0) is 18.2. The minimum Gasteiger partial charge on any atom is -0.461 e. The molecule has 4 aromatic heterocycles. The summed E-state index contributed by atoms with van der Waals surface area (Å²) in [5.74, 6) is 2.90. The van der Waals surface area contributed by atoms with Crippen LogP contribution in [0.2, 0.25) is 0 Å². The molecular formula is C17H17N9O. The van der Waals surface area contributed by atoms with Crippen molar-refractivity contribution in [2.75, 3.05) is 41.7 Å². The van der Waals surface area contributed by atoms with Crippen LogP contribution < -0.4 is 15.5 Å². The lowest BCUT2D eigenvalue weighted by molar-refractivity contribution is 0.577. The van der Waals surface area contributed by atoms with E-state index >= 15 is 0 Å². The van der Waals surface area contributed by atoms with Crippen molar-refractivity contribution in [1.29, 1.82) is 0 Å². The van der Waals surface area contributed by atoms with Gasteiger partial charge in [-0.05, 0) is 18.2 Å². The molecule has 1 aliphatic rings. The molecule has 5 heterocycles. The molecule has 10 heteroatoms. The van der Waals surface area contributed by atoms with Crippen molar-refractivity contribution in [3.05, 3.63) is 42.9 Å². The Labute approximate surface area is 154 Å². The standard InChI is InChI=1S/C17H17N9O/c18-16-22-13(11-14-21-15(23-26(14)16)12-3-1-10-27-12)24-6-8-25(9-7-24)17-19-4-2-5-20-17/h1-5,10-11H,6-9H2,(H2,18,22). The molecule has 1 fully saturated rings. The van der Waals surface area contributed by atoms with Crippen LogP contribution in [-0.4, -0.2) is 55.7 Å². The Kier molecular flexibility index (Phi) is 3.59. The number of fused-ring (bicyclic) bond motifs is 1. The molecule has 10 nitrogen and oxygen atoms in total. The second-order valence-electron chi connectivity index (χ2n) is 6.18. The second-order valence-corrected chi connectivity index (χ2v) is 6.18. The number of nitrogens with two attached hydrogens (primary N) is 1. The molecule has 5 rings (SSSR count). The van der Waals surface area contributed by atoms with Gasteiger partial charge in [0.15, 0.2) is 11.4 Å². The fourth-order valence-corrected chi connectivity index (χ4v) is 3.16. The summed E-state index contributed by atoms with van der Waals surface area (Å²) in [6, 6.07) is 7.32. The highest BCUT2D eigenvalue weighted by Crippen LogP contribution is 2.22. The Morgan fingerprint density at radius 1 is 0.963 bits per heavy atom. The lowest BCUT2D eigenvalue weighted by atomic mass is 10.3. The van der Waals surface area contributed by atoms with E-state index in [1.165, 1.54) is 4.52 Å². The van der Waals surface area contributed by atoms with Gasteiger partial charge in [0.05, 0.1) is 6.26 Å². The number of piperazine rings is 1. The van der Waals surface area contributed by atoms with E-state index in [-0.39, 0.29) is 0 Å². The first kappa shape index (κ1) is 15.6. The Balaban J connectivity index is 1.39. The summed E-state index contributed by atoms with van der Waals surface area (Å²) in [5, 5.41) is 4.37. The summed E-state index contributed by atoms with van der Waals surface area (Å²) in [5.41, 5.74) is 6.75. The number of nitrogen functional groups attached to an aromatic ring is 1. The fourth-order valence-electron chi connectivity index (χ4n) is 3.16. The van der Waals surface area contributed by atoms with Crippen molar-refractivity contribution in [3.63, 3.8) is 0 Å². The highest BCUT2D eigenvalue weighted by molar-refractivity contribution is 5.60. The average molecular weight is 363 g/mol. The molecule has 0 radical (unpaired) electrons. The Morgan fingerprint density at radius 2 is 1.74 bits per heavy atom. The summed E-state index contributed by atoms with van der Waals surface area (Å²) in [6.45, 7) is 3.20. The van der Waals surface area contributed by atoms with Crippen LogP contribution in [0.15, 0.2) is 47.3 Å². The molecule has 0 aliphatic carbocycles. The smallest absolute Gasteiger partial charge is 0.225 e. The van der Waals surface area contributed by atoms with Crippen LogP contribution in [0.25, 0.3) is 17.2 Å². The zero-order valence-corrected chi connectivity index (χ0v) is 14.4. The van der Waals surface area contributed by atoms with Gasteiger partial charge in [0.2, 0.25) is 17.7 Å². The SMILES string of the molecule is Nc1nc(N2CCN(c3ncccn3)CC2)cc2nc(-c3ccco3)nn12. The van der Waals surface area contributed by atoms with Crippen LogP contribution in [0.3, 0.4) is 0 Å². The molecular weight excluding hydrogens is 346 g/mol. The number of hydrogen-bond donors (Lipinski definition) is 1. The third kappa shape index (κ3) is 2.80. The van der Waals surface area contributed by atoms with Crippen molar-refractivity contribution in [3.8, 4) is 11.6 Å². The van der Waals surface area contributed by atoms with Crippen molar-refractivity contribution < 1.29 is 4.42 Å². The number of anilines is 3. The van der Waals surface area contributed by atoms with Gasteiger partial charge >= 0.3 is 0 Å². The van der Waals surface area contributed by atoms with Crippen molar-refractivity contribution in [2.24, 2.45) is 0 Å². The number of hydrogen-bond acceptors (Lipinski definition) is 9. The van der Waals surface area contributed by atoms with Crippen molar-refractivity contribution >= 4 is 23.4 Å². The molecule has 0 aromatic carbocycles.